The molecule has 0 atom stereocenters. The summed E-state index contributed by atoms with van der Waals surface area (Å²) in [5, 5.41) is 31.5. The van der Waals surface area contributed by atoms with Gasteiger partial charge in [-0.05, 0) is 129 Å². The molecule has 0 radical (unpaired) electrons. The van der Waals surface area contributed by atoms with E-state index in [0.717, 1.165) is 69.0 Å². The average molecular weight is 1170 g/mol. The topological polar surface area (TPSA) is 261 Å². The van der Waals surface area contributed by atoms with E-state index in [2.05, 4.69) is 33.2 Å². The van der Waals surface area contributed by atoms with Crippen LogP contribution in [0, 0.1) is 6.92 Å². The van der Waals surface area contributed by atoms with Crippen molar-refractivity contribution < 1.29 is 191 Å². The van der Waals surface area contributed by atoms with Crippen molar-refractivity contribution in [1.82, 2.24) is 0 Å². The Bertz CT molecular complexity index is 3260. The molecule has 0 fully saturated rings. The second-order valence-corrected chi connectivity index (χ2v) is 24.6. The number of nitrogens with zero attached hydrogens (tertiary/aromatic N) is 2. The first-order valence-corrected chi connectivity index (χ1v) is 28.5. The zero-order valence-corrected chi connectivity index (χ0v) is 55.5. The molecule has 74 heavy (non-hydrogen) atoms. The van der Waals surface area contributed by atoms with Gasteiger partial charge in [-0.1, -0.05) is 49.7 Å². The first-order chi connectivity index (χ1) is 32.9. The van der Waals surface area contributed by atoms with Gasteiger partial charge in [-0.15, -0.1) is 0 Å². The van der Waals surface area contributed by atoms with Crippen LogP contribution in [0.4, 0.5) is 11.4 Å². The van der Waals surface area contributed by atoms with Crippen LogP contribution in [0.5, 0.6) is 0 Å². The smallest absolute Gasteiger partial charge is 0.748 e. The Labute approximate surface area is 534 Å². The van der Waals surface area contributed by atoms with Crippen molar-refractivity contribution in [1.29, 1.82) is 0 Å². The Hall–Kier alpha value is 0.310. The van der Waals surface area contributed by atoms with Crippen LogP contribution in [0.25, 0.3) is 21.5 Å². The summed E-state index contributed by atoms with van der Waals surface area (Å²) in [6, 6.07) is 14.0. The van der Waals surface area contributed by atoms with Gasteiger partial charge in [-0.25, -0.2) is 25.3 Å². The van der Waals surface area contributed by atoms with Crippen molar-refractivity contribution in [2.24, 2.45) is 0 Å². The second-order valence-electron chi connectivity index (χ2n) is 18.3. The molecule has 4 aromatic rings. The molecule has 0 unspecified atom stereocenters. The molecule has 0 aromatic heterocycles. The molecule has 0 saturated carbocycles. The predicted molar refractivity (Wildman–Crippen MR) is 259 cm³/mol. The Morgan fingerprint density at radius 2 is 1.35 bits per heavy atom. The Morgan fingerprint density at radius 3 is 1.99 bits per heavy atom. The molecule has 4 aromatic carbocycles. The molecule has 2 heterocycles. The summed E-state index contributed by atoms with van der Waals surface area (Å²) in [5.41, 5.74) is 5.41. The van der Waals surface area contributed by atoms with Crippen LogP contribution >= 0.6 is 35.7 Å². The van der Waals surface area contributed by atoms with Crippen molar-refractivity contribution in [2.75, 3.05) is 29.5 Å². The number of allylic oxidation sites excluding steroid dienone is 8. The quantitative estimate of drug-likeness (QED) is 0.0154. The standard InChI is InChI=1S/C47H53ClN2O15S5.4Na/c1-29-25-32-13-17-35-43(41(32)37(26-29)67-65-63-52)46(2,3)39(49(35)21-6-8-23-68(53,54)55)19-15-30-11-10-12-31(45(30)48)16-20-40-47(4,5)44-36(50(40)22-7-9-24-69(56,57)58)18-14-33-27-34(66-64-62-51)28-38(42(33)44)70(59,60)61;;;;/h13-20,25-28H,6-12,21-24H2,1-5H3,(H4-,51,52,53,54,55,56,57,58,59,60,61);;;;/q;4*+1/p-4. The molecular formula is C47H49ClN2Na4O15S5. The number of aryl methyl sites for hydroxylation is 1. The minimum Gasteiger partial charge on any atom is -0.748 e. The normalized spacial score (nSPS) is 17.4. The minimum absolute atomic E-state index is 0. The fourth-order valence-corrected chi connectivity index (χ4v) is 13.3. The van der Waals surface area contributed by atoms with Gasteiger partial charge in [0.1, 0.15) is 16.7 Å². The van der Waals surface area contributed by atoms with E-state index >= 15 is 0 Å². The predicted octanol–water partition coefficient (Wildman–Crippen LogP) is -4.45. The van der Waals surface area contributed by atoms with Crippen LogP contribution in [-0.4, -0.2) is 73.8 Å². The Morgan fingerprint density at radius 1 is 0.730 bits per heavy atom. The average Bonchev–Trinajstić information content (AvgIpc) is 3.63. The van der Waals surface area contributed by atoms with Gasteiger partial charge in [0.15, 0.2) is 5.71 Å². The largest absolute Gasteiger partial charge is 1.00 e. The number of benzene rings is 4. The zero-order valence-electron chi connectivity index (χ0n) is 42.6. The Balaban J connectivity index is 0.00000361. The SMILES string of the molecule is Cc1cc(SOO[O-])c2c3c(ccc2c1)N(CCCCS(=O)(=O)[O-])/C(=C/C=C1CCCC(C=CC2=[N+](CCCCS(=O)(=O)[O-])c4ccc5cc(SOO[O-])cc(S(=O)(=O)[O-])c5c4C2(C)C)=C1Cl)C3(C)C.[Na+].[Na+].[Na+].[Na+]. The second kappa shape index (κ2) is 28.3. The number of rotatable bonds is 20. The van der Waals surface area contributed by atoms with E-state index in [0.29, 0.717) is 70.1 Å². The van der Waals surface area contributed by atoms with Crippen molar-refractivity contribution >= 4 is 105 Å². The summed E-state index contributed by atoms with van der Waals surface area (Å²) in [5.74, 6) is -1.07. The van der Waals surface area contributed by atoms with Gasteiger partial charge < -0.3 is 29.1 Å². The van der Waals surface area contributed by atoms with Crippen molar-refractivity contribution in [3.8, 4) is 0 Å². The van der Waals surface area contributed by atoms with Crippen molar-refractivity contribution in [3.05, 3.63) is 111 Å². The molecular weight excluding hydrogens is 1120 g/mol. The van der Waals surface area contributed by atoms with Crippen LogP contribution in [0.2, 0.25) is 0 Å². The number of hydrogen-bond donors (Lipinski definition) is 0. The molecule has 0 saturated heterocycles. The van der Waals surface area contributed by atoms with E-state index in [4.69, 9.17) is 15.9 Å². The number of halogens is 1. The van der Waals surface area contributed by atoms with Gasteiger partial charge in [-0.3, -0.25) is 10.1 Å². The third kappa shape index (κ3) is 15.9. The fraction of sp³-hybridized carbons (Fsp3) is 0.383. The van der Waals surface area contributed by atoms with Gasteiger partial charge >= 0.3 is 118 Å². The van der Waals surface area contributed by atoms with E-state index in [1.165, 1.54) is 0 Å². The summed E-state index contributed by atoms with van der Waals surface area (Å²) in [6.45, 7) is 10.5. The molecule has 0 N–H and O–H groups in total. The Kier molecular flexibility index (Phi) is 26.3. The maximum Gasteiger partial charge on any atom is 1.00 e. The van der Waals surface area contributed by atoms with Gasteiger partial charge in [0.25, 0.3) is 0 Å². The monoisotopic (exact) mass is 1170 g/mol. The van der Waals surface area contributed by atoms with E-state index in [9.17, 15) is 49.4 Å². The van der Waals surface area contributed by atoms with E-state index in [1.807, 2.05) is 73.9 Å². The molecule has 378 valence electrons. The van der Waals surface area contributed by atoms with Crippen molar-refractivity contribution in [3.63, 3.8) is 0 Å². The summed E-state index contributed by atoms with van der Waals surface area (Å²) in [4.78, 5) is 2.37. The van der Waals surface area contributed by atoms with Crippen LogP contribution in [-0.2, 0) is 59.9 Å². The van der Waals surface area contributed by atoms with Gasteiger partial charge in [0.2, 0.25) is 5.69 Å². The minimum atomic E-state index is -5.11. The maximum absolute atomic E-state index is 12.9. The van der Waals surface area contributed by atoms with Crippen LogP contribution in [0.3, 0.4) is 0 Å². The van der Waals surface area contributed by atoms with E-state index in [-0.39, 0.29) is 154 Å². The summed E-state index contributed by atoms with van der Waals surface area (Å²) >= 11 is 8.54. The molecule has 1 aliphatic carbocycles. The van der Waals surface area contributed by atoms with Gasteiger partial charge in [-0.2, -0.15) is 13.2 Å². The van der Waals surface area contributed by atoms with Gasteiger partial charge in [0, 0.05) is 84.6 Å². The molecule has 27 heteroatoms. The molecule has 0 amide bonds. The number of hydrogen-bond acceptors (Lipinski definition) is 18. The fourth-order valence-electron chi connectivity index (χ4n) is 10.0. The number of unbranched alkanes of at least 4 members (excludes halogenated alkanes) is 2. The molecule has 17 nitrogen and oxygen atoms in total. The number of anilines is 1. The van der Waals surface area contributed by atoms with E-state index in [1.54, 1.807) is 18.2 Å². The van der Waals surface area contributed by atoms with Gasteiger partial charge in [0.05, 0.1) is 54.6 Å². The summed E-state index contributed by atoms with van der Waals surface area (Å²) < 4.78 is 119. The molecule has 0 spiro atoms. The van der Waals surface area contributed by atoms with Crippen LogP contribution in [0.1, 0.15) is 89.3 Å². The maximum atomic E-state index is 12.9. The summed E-state index contributed by atoms with van der Waals surface area (Å²) in [6.07, 6.45) is 10.6. The van der Waals surface area contributed by atoms with Crippen LogP contribution in [0.15, 0.2) is 109 Å². The molecule has 3 aliphatic rings. The van der Waals surface area contributed by atoms with Crippen LogP contribution < -0.4 is 134 Å². The third-order valence-electron chi connectivity index (χ3n) is 12.9. The summed E-state index contributed by atoms with van der Waals surface area (Å²) in [7, 11) is -14.0. The molecule has 2 aliphatic heterocycles. The van der Waals surface area contributed by atoms with E-state index < -0.39 is 57.6 Å². The molecule has 7 rings (SSSR count). The first kappa shape index (κ1) is 68.6. The van der Waals surface area contributed by atoms with Crippen molar-refractivity contribution in [2.45, 2.75) is 105 Å². The number of fused-ring (bicyclic) bond motifs is 6. The third-order valence-corrected chi connectivity index (χ3v) is 17.0. The molecule has 0 bridgehead atoms. The first-order valence-electron chi connectivity index (χ1n) is 22.1. The zero-order chi connectivity index (χ0) is 51.0.